The highest BCUT2D eigenvalue weighted by Gasteiger charge is 1.96. The Morgan fingerprint density at radius 1 is 1.29 bits per heavy atom. The maximum Gasteiger partial charge on any atom is 0.206 e. The lowest BCUT2D eigenvalue weighted by Gasteiger charge is -2.02. The molecule has 0 fully saturated rings. The molecule has 0 unspecified atom stereocenters. The molecule has 1 aromatic carbocycles. The summed E-state index contributed by atoms with van der Waals surface area (Å²) < 4.78 is 3.90. The zero-order valence-electron chi connectivity index (χ0n) is 7.47. The molecule has 0 radical (unpaired) electrons. The van der Waals surface area contributed by atoms with E-state index in [1.807, 2.05) is 24.3 Å². The Morgan fingerprint density at radius 3 is 2.64 bits per heavy atom. The van der Waals surface area contributed by atoms with E-state index in [1.54, 1.807) is 0 Å². The Morgan fingerprint density at radius 2 is 2.07 bits per heavy atom. The van der Waals surface area contributed by atoms with Gasteiger partial charge in [-0.3, -0.25) is 0 Å². The molecule has 0 aliphatic rings. The second kappa shape index (κ2) is 4.17. The summed E-state index contributed by atoms with van der Waals surface area (Å²) in [6.45, 7) is 0.569. The average Bonchev–Trinajstić information content (AvgIpc) is 2.72. The number of hydrogen-bond donors (Lipinski definition) is 2. The zero-order chi connectivity index (χ0) is 9.80. The number of nitrogens with zero attached hydrogens (tertiary/aromatic N) is 2. The zero-order valence-corrected chi connectivity index (χ0v) is 8.29. The Kier molecular flexibility index (Phi) is 2.71. The highest BCUT2D eigenvalue weighted by Crippen LogP contribution is 2.16. The lowest BCUT2D eigenvalue weighted by Crippen LogP contribution is -1.96. The smallest absolute Gasteiger partial charge is 0.206 e. The van der Waals surface area contributed by atoms with Crippen LogP contribution >= 0.6 is 11.5 Å². The van der Waals surface area contributed by atoms with E-state index < -0.39 is 0 Å². The lowest BCUT2D eigenvalue weighted by atomic mass is 10.2. The molecule has 0 bridgehead atoms. The van der Waals surface area contributed by atoms with Crippen molar-refractivity contribution >= 4 is 22.4 Å². The van der Waals surface area contributed by atoms with Crippen molar-refractivity contribution < 1.29 is 0 Å². The first-order chi connectivity index (χ1) is 6.88. The number of benzene rings is 1. The predicted octanol–water partition coefficient (Wildman–Crippen LogP) is 1.74. The monoisotopic (exact) mass is 206 g/mol. The minimum absolute atomic E-state index is 0.569. The third-order valence-corrected chi connectivity index (χ3v) is 2.38. The quantitative estimate of drug-likeness (QED) is 0.803. The van der Waals surface area contributed by atoms with E-state index in [9.17, 15) is 0 Å². The van der Waals surface area contributed by atoms with Gasteiger partial charge in [0.1, 0.15) is 6.33 Å². The summed E-state index contributed by atoms with van der Waals surface area (Å²) >= 11 is 1.33. The van der Waals surface area contributed by atoms with E-state index in [-0.39, 0.29) is 0 Å². The normalized spacial score (nSPS) is 10.1. The number of hydrogen-bond acceptors (Lipinski definition) is 5. The van der Waals surface area contributed by atoms with E-state index in [0.717, 1.165) is 16.4 Å². The number of aromatic nitrogens is 2. The van der Waals surface area contributed by atoms with Crippen LogP contribution in [0.1, 0.15) is 5.56 Å². The molecule has 4 nitrogen and oxygen atoms in total. The highest BCUT2D eigenvalue weighted by atomic mass is 32.1. The van der Waals surface area contributed by atoms with Gasteiger partial charge in [-0.25, -0.2) is 4.98 Å². The van der Waals surface area contributed by atoms with Crippen LogP contribution in [0.4, 0.5) is 10.8 Å². The molecule has 1 heterocycles. The number of nitrogens with one attached hydrogen (secondary N) is 1. The summed E-state index contributed by atoms with van der Waals surface area (Å²) in [5, 5.41) is 3.94. The second-order valence-corrected chi connectivity index (χ2v) is 3.55. The topological polar surface area (TPSA) is 63.8 Å². The molecular weight excluding hydrogens is 196 g/mol. The fourth-order valence-corrected chi connectivity index (χ4v) is 1.53. The van der Waals surface area contributed by atoms with Gasteiger partial charge in [-0.2, -0.15) is 4.37 Å². The molecule has 1 aromatic heterocycles. The first-order valence-corrected chi connectivity index (χ1v) is 4.98. The third-order valence-electron chi connectivity index (χ3n) is 1.80. The van der Waals surface area contributed by atoms with Gasteiger partial charge in [-0.1, -0.05) is 12.1 Å². The van der Waals surface area contributed by atoms with Gasteiger partial charge in [0.25, 0.3) is 0 Å². The number of anilines is 2. The molecule has 3 N–H and O–H groups in total. The standard InChI is InChI=1S/C9H10N4S/c10-5-7-1-3-8(4-2-7)13-9-11-6-12-14-9/h1-4,6H,5,10H2,(H,11,12,13). The molecular formula is C9H10N4S. The summed E-state index contributed by atoms with van der Waals surface area (Å²) in [6, 6.07) is 7.93. The highest BCUT2D eigenvalue weighted by molar-refractivity contribution is 7.09. The van der Waals surface area contributed by atoms with Crippen molar-refractivity contribution in [3.8, 4) is 0 Å². The van der Waals surface area contributed by atoms with Gasteiger partial charge in [0, 0.05) is 23.8 Å². The number of nitrogens with two attached hydrogens (primary N) is 1. The largest absolute Gasteiger partial charge is 0.330 e. The minimum Gasteiger partial charge on any atom is -0.330 e. The molecule has 14 heavy (non-hydrogen) atoms. The van der Waals surface area contributed by atoms with E-state index in [0.29, 0.717) is 6.54 Å². The fourth-order valence-electron chi connectivity index (χ4n) is 1.08. The van der Waals surface area contributed by atoms with E-state index in [4.69, 9.17) is 5.73 Å². The van der Waals surface area contributed by atoms with Crippen LogP contribution in [-0.4, -0.2) is 9.36 Å². The van der Waals surface area contributed by atoms with Crippen LogP contribution in [-0.2, 0) is 6.54 Å². The molecule has 0 amide bonds. The van der Waals surface area contributed by atoms with Crippen molar-refractivity contribution in [2.75, 3.05) is 5.32 Å². The van der Waals surface area contributed by atoms with Crippen LogP contribution < -0.4 is 11.1 Å². The minimum atomic E-state index is 0.569. The molecule has 0 aliphatic carbocycles. The van der Waals surface area contributed by atoms with Crippen LogP contribution in [0.15, 0.2) is 30.6 Å². The molecule has 2 aromatic rings. The van der Waals surface area contributed by atoms with Crippen LogP contribution in [0.3, 0.4) is 0 Å². The summed E-state index contributed by atoms with van der Waals surface area (Å²) in [4.78, 5) is 4.03. The average molecular weight is 206 g/mol. The maximum atomic E-state index is 5.50. The Labute approximate surface area is 86.0 Å². The van der Waals surface area contributed by atoms with Crippen molar-refractivity contribution in [1.82, 2.24) is 9.36 Å². The Bertz CT molecular complexity index is 382. The molecule has 0 saturated carbocycles. The van der Waals surface area contributed by atoms with E-state index in [2.05, 4.69) is 14.7 Å². The third kappa shape index (κ3) is 2.07. The van der Waals surface area contributed by atoms with Crippen LogP contribution in [0, 0.1) is 0 Å². The van der Waals surface area contributed by atoms with Gasteiger partial charge in [0.05, 0.1) is 0 Å². The van der Waals surface area contributed by atoms with Crippen LogP contribution in [0.2, 0.25) is 0 Å². The van der Waals surface area contributed by atoms with Crippen LogP contribution in [0.25, 0.3) is 0 Å². The van der Waals surface area contributed by atoms with Gasteiger partial charge in [0.15, 0.2) is 0 Å². The molecule has 0 atom stereocenters. The predicted molar refractivity (Wildman–Crippen MR) is 57.5 cm³/mol. The van der Waals surface area contributed by atoms with Gasteiger partial charge < -0.3 is 11.1 Å². The van der Waals surface area contributed by atoms with Crippen molar-refractivity contribution in [2.45, 2.75) is 6.54 Å². The summed E-state index contributed by atoms with van der Waals surface area (Å²) in [7, 11) is 0. The van der Waals surface area contributed by atoms with Crippen LogP contribution in [0.5, 0.6) is 0 Å². The molecule has 72 valence electrons. The van der Waals surface area contributed by atoms with Crippen molar-refractivity contribution in [3.05, 3.63) is 36.2 Å². The first kappa shape index (κ1) is 9.11. The van der Waals surface area contributed by atoms with Crippen molar-refractivity contribution in [3.63, 3.8) is 0 Å². The molecule has 0 saturated heterocycles. The van der Waals surface area contributed by atoms with Gasteiger partial charge >= 0.3 is 0 Å². The van der Waals surface area contributed by atoms with Crippen molar-refractivity contribution in [2.24, 2.45) is 5.73 Å². The fraction of sp³-hybridized carbons (Fsp3) is 0.111. The number of rotatable bonds is 3. The van der Waals surface area contributed by atoms with Gasteiger partial charge in [-0.05, 0) is 17.7 Å². The molecule has 0 spiro atoms. The molecule has 2 rings (SSSR count). The Balaban J connectivity index is 2.10. The van der Waals surface area contributed by atoms with Gasteiger partial charge in [-0.15, -0.1) is 0 Å². The first-order valence-electron chi connectivity index (χ1n) is 4.21. The second-order valence-electron chi connectivity index (χ2n) is 2.77. The summed E-state index contributed by atoms with van der Waals surface area (Å²) in [6.07, 6.45) is 1.53. The van der Waals surface area contributed by atoms with E-state index >= 15 is 0 Å². The Hall–Kier alpha value is -1.46. The summed E-state index contributed by atoms with van der Waals surface area (Å²) in [5.41, 5.74) is 7.61. The lowest BCUT2D eigenvalue weighted by molar-refractivity contribution is 1.07. The summed E-state index contributed by atoms with van der Waals surface area (Å²) in [5.74, 6) is 0. The van der Waals surface area contributed by atoms with E-state index in [1.165, 1.54) is 17.9 Å². The molecule has 0 aliphatic heterocycles. The van der Waals surface area contributed by atoms with Gasteiger partial charge in [0.2, 0.25) is 5.13 Å². The van der Waals surface area contributed by atoms with Crippen molar-refractivity contribution in [1.29, 1.82) is 0 Å². The SMILES string of the molecule is NCc1ccc(Nc2ncns2)cc1. The molecule has 5 heteroatoms. The maximum absolute atomic E-state index is 5.50.